The number of hydrogen-bond acceptors (Lipinski definition) is 8. The number of hydrogen-bond donors (Lipinski definition) is 3. The Labute approximate surface area is 252 Å². The molecule has 0 aliphatic heterocycles. The highest BCUT2D eigenvalue weighted by atomic mass is 32.2. The standard InChI is InChI=1S/C30H40N6O6S/c1-19-12-13-21(14-25(19)36-18-26(33-35-36)42-29(38)31-17-20-10-8-7-9-11-20)28(37)32-23-15-22(30(2,3)4)16-24(27(23)41-5)34-43(6,39)40/h12-16,18,20,34H,7-11,17H2,1-6H3,(H,31,38)(H,32,37). The summed E-state index contributed by atoms with van der Waals surface area (Å²) in [5.41, 5.74) is 2.64. The smallest absolute Gasteiger partial charge is 0.414 e. The second-order valence-electron chi connectivity index (χ2n) is 12.0. The van der Waals surface area contributed by atoms with Crippen LogP contribution in [0.15, 0.2) is 36.5 Å². The molecule has 1 saturated carbocycles. The molecule has 0 spiro atoms. The Morgan fingerprint density at radius 3 is 2.42 bits per heavy atom. The number of amides is 2. The minimum Gasteiger partial charge on any atom is -0.492 e. The molecule has 232 valence electrons. The van der Waals surface area contributed by atoms with Crippen LogP contribution in [0.5, 0.6) is 11.6 Å². The molecular formula is C30H40N6O6S. The van der Waals surface area contributed by atoms with Gasteiger partial charge in [0.1, 0.15) is 0 Å². The first-order valence-corrected chi connectivity index (χ1v) is 16.1. The Kier molecular flexibility index (Phi) is 9.63. The Morgan fingerprint density at radius 1 is 1.07 bits per heavy atom. The first kappa shape index (κ1) is 31.8. The molecule has 3 aromatic rings. The molecule has 4 rings (SSSR count). The number of methoxy groups -OCH3 is 1. The van der Waals surface area contributed by atoms with Crippen molar-refractivity contribution in [3.05, 3.63) is 53.2 Å². The summed E-state index contributed by atoms with van der Waals surface area (Å²) in [6.07, 6.45) is 7.76. The topological polar surface area (TPSA) is 154 Å². The van der Waals surface area contributed by atoms with Crippen molar-refractivity contribution in [1.82, 2.24) is 20.3 Å². The Balaban J connectivity index is 1.53. The zero-order valence-corrected chi connectivity index (χ0v) is 26.3. The molecule has 2 amide bonds. The fraction of sp³-hybridized carbons (Fsp3) is 0.467. The quantitative estimate of drug-likeness (QED) is 0.299. The number of nitrogens with zero attached hydrogens (tertiary/aromatic N) is 3. The molecule has 2 aromatic carbocycles. The summed E-state index contributed by atoms with van der Waals surface area (Å²) in [6, 6.07) is 8.53. The molecular weight excluding hydrogens is 572 g/mol. The van der Waals surface area contributed by atoms with Crippen molar-refractivity contribution in [2.75, 3.05) is 29.9 Å². The van der Waals surface area contributed by atoms with Crippen molar-refractivity contribution in [2.24, 2.45) is 5.92 Å². The maximum absolute atomic E-state index is 13.5. The molecule has 1 aliphatic rings. The highest BCUT2D eigenvalue weighted by molar-refractivity contribution is 7.92. The summed E-state index contributed by atoms with van der Waals surface area (Å²) in [5.74, 6) is 0.227. The summed E-state index contributed by atoms with van der Waals surface area (Å²) in [5, 5.41) is 13.7. The van der Waals surface area contributed by atoms with Crippen LogP contribution in [-0.4, -0.2) is 55.3 Å². The van der Waals surface area contributed by atoms with Crippen LogP contribution in [-0.2, 0) is 15.4 Å². The third-order valence-corrected chi connectivity index (χ3v) is 7.94. The van der Waals surface area contributed by atoms with Crippen LogP contribution in [0.3, 0.4) is 0 Å². The molecule has 43 heavy (non-hydrogen) atoms. The van der Waals surface area contributed by atoms with Crippen LogP contribution in [0.4, 0.5) is 16.2 Å². The second-order valence-corrected chi connectivity index (χ2v) is 13.7. The fourth-order valence-electron chi connectivity index (χ4n) is 5.01. The third kappa shape index (κ3) is 8.46. The van der Waals surface area contributed by atoms with E-state index < -0.39 is 22.0 Å². The van der Waals surface area contributed by atoms with E-state index in [1.807, 2.05) is 27.7 Å². The van der Waals surface area contributed by atoms with Crippen LogP contribution in [0.1, 0.15) is 74.4 Å². The highest BCUT2D eigenvalue weighted by Crippen LogP contribution is 2.39. The molecule has 1 fully saturated rings. The molecule has 3 N–H and O–H groups in total. The maximum Gasteiger partial charge on any atom is 0.414 e. The van der Waals surface area contributed by atoms with Gasteiger partial charge in [0.05, 0.1) is 36.6 Å². The van der Waals surface area contributed by atoms with Crippen molar-refractivity contribution >= 4 is 33.4 Å². The van der Waals surface area contributed by atoms with E-state index in [2.05, 4.69) is 25.7 Å². The van der Waals surface area contributed by atoms with Crippen molar-refractivity contribution in [2.45, 2.75) is 65.2 Å². The van der Waals surface area contributed by atoms with Crippen molar-refractivity contribution in [3.8, 4) is 17.3 Å². The Bertz CT molecular complexity index is 1590. The molecule has 0 unspecified atom stereocenters. The predicted molar refractivity (Wildman–Crippen MR) is 165 cm³/mol. The molecule has 1 aliphatic carbocycles. The number of carbonyl (C=O) groups is 2. The van der Waals surface area contributed by atoms with Crippen LogP contribution in [0.25, 0.3) is 5.69 Å². The lowest BCUT2D eigenvalue weighted by atomic mass is 9.86. The molecule has 0 atom stereocenters. The molecule has 1 heterocycles. The first-order valence-electron chi connectivity index (χ1n) is 14.2. The van der Waals surface area contributed by atoms with E-state index in [4.69, 9.17) is 9.47 Å². The second kappa shape index (κ2) is 13.0. The van der Waals surface area contributed by atoms with Gasteiger partial charge < -0.3 is 20.1 Å². The largest absolute Gasteiger partial charge is 0.492 e. The van der Waals surface area contributed by atoms with E-state index in [9.17, 15) is 18.0 Å². The lowest BCUT2D eigenvalue weighted by Gasteiger charge is -2.24. The first-order chi connectivity index (χ1) is 20.2. The van der Waals surface area contributed by atoms with Crippen LogP contribution in [0, 0.1) is 12.8 Å². The van der Waals surface area contributed by atoms with Gasteiger partial charge in [-0.05, 0) is 66.5 Å². The third-order valence-electron chi connectivity index (χ3n) is 7.35. The SMILES string of the molecule is COc1c(NC(=O)c2ccc(C)c(-n3cc(OC(=O)NCC4CCCCC4)nn3)c2)cc(C(C)(C)C)cc1NS(C)(=O)=O. The molecule has 1 aromatic heterocycles. The minimum absolute atomic E-state index is 0.0324. The zero-order valence-electron chi connectivity index (χ0n) is 25.5. The van der Waals surface area contributed by atoms with Crippen molar-refractivity contribution in [1.29, 1.82) is 0 Å². The van der Waals surface area contributed by atoms with Gasteiger partial charge in [-0.1, -0.05) is 56.4 Å². The summed E-state index contributed by atoms with van der Waals surface area (Å²) in [7, 11) is -2.22. The van der Waals surface area contributed by atoms with E-state index in [1.54, 1.807) is 30.3 Å². The van der Waals surface area contributed by atoms with Gasteiger partial charge in [-0.2, -0.15) is 0 Å². The van der Waals surface area contributed by atoms with E-state index in [0.29, 0.717) is 29.4 Å². The van der Waals surface area contributed by atoms with Crippen LogP contribution in [0.2, 0.25) is 0 Å². The summed E-state index contributed by atoms with van der Waals surface area (Å²) >= 11 is 0. The monoisotopic (exact) mass is 612 g/mol. The maximum atomic E-state index is 13.5. The van der Waals surface area contributed by atoms with Gasteiger partial charge in [-0.15, -0.1) is 0 Å². The van der Waals surface area contributed by atoms with Crippen LogP contribution < -0.4 is 24.8 Å². The molecule has 0 bridgehead atoms. The van der Waals surface area contributed by atoms with Crippen molar-refractivity contribution in [3.63, 3.8) is 0 Å². The number of sulfonamides is 1. The molecule has 0 radical (unpaired) electrons. The minimum atomic E-state index is -3.62. The Hall–Kier alpha value is -4.13. The normalized spacial score (nSPS) is 14.2. The predicted octanol–water partition coefficient (Wildman–Crippen LogP) is 5.17. The summed E-state index contributed by atoms with van der Waals surface area (Å²) < 4.78 is 38.9. The highest BCUT2D eigenvalue weighted by Gasteiger charge is 2.23. The average molecular weight is 613 g/mol. The zero-order chi connectivity index (χ0) is 31.4. The van der Waals surface area contributed by atoms with E-state index >= 15 is 0 Å². The summed E-state index contributed by atoms with van der Waals surface area (Å²) in [4.78, 5) is 25.8. The van der Waals surface area contributed by atoms with Crippen LogP contribution >= 0.6 is 0 Å². The lowest BCUT2D eigenvalue weighted by Crippen LogP contribution is -2.32. The van der Waals surface area contributed by atoms with Gasteiger partial charge in [0.2, 0.25) is 10.0 Å². The number of rotatable bonds is 9. The van der Waals surface area contributed by atoms with Gasteiger partial charge in [0.15, 0.2) is 5.75 Å². The number of nitrogens with one attached hydrogen (secondary N) is 3. The molecule has 0 saturated heterocycles. The molecule has 13 heteroatoms. The lowest BCUT2D eigenvalue weighted by molar-refractivity contribution is 0.102. The fourth-order valence-corrected chi connectivity index (χ4v) is 5.56. The average Bonchev–Trinajstić information content (AvgIpc) is 3.39. The van der Waals surface area contributed by atoms with Gasteiger partial charge in [0, 0.05) is 12.1 Å². The van der Waals surface area contributed by atoms with E-state index in [1.165, 1.54) is 37.3 Å². The van der Waals surface area contributed by atoms with Crippen molar-refractivity contribution < 1.29 is 27.5 Å². The number of aryl methyl sites for hydroxylation is 1. The van der Waals surface area contributed by atoms with E-state index in [-0.39, 0.29) is 22.7 Å². The van der Waals surface area contributed by atoms with Gasteiger partial charge in [-0.3, -0.25) is 9.52 Å². The number of benzene rings is 2. The van der Waals surface area contributed by atoms with Gasteiger partial charge >= 0.3 is 6.09 Å². The Morgan fingerprint density at radius 2 is 1.77 bits per heavy atom. The van der Waals surface area contributed by atoms with E-state index in [0.717, 1.165) is 30.2 Å². The number of anilines is 2. The van der Waals surface area contributed by atoms with Gasteiger partial charge in [-0.25, -0.2) is 17.9 Å². The molecule has 12 nitrogen and oxygen atoms in total. The number of aromatic nitrogens is 3. The van der Waals surface area contributed by atoms with Gasteiger partial charge in [0.25, 0.3) is 11.8 Å². The number of ether oxygens (including phenoxy) is 2. The number of carbonyl (C=O) groups excluding carboxylic acids is 2. The summed E-state index contributed by atoms with van der Waals surface area (Å²) in [6.45, 7) is 8.36.